The van der Waals surface area contributed by atoms with Crippen molar-refractivity contribution >= 4 is 33.0 Å². The van der Waals surface area contributed by atoms with Crippen molar-refractivity contribution in [1.82, 2.24) is 60.0 Å². The van der Waals surface area contributed by atoms with Crippen LogP contribution in [0.5, 0.6) is 0 Å². The molecule has 4 aromatic heterocycles. The largest absolute Gasteiger partial charge is 0.269 e. The molecular formula is C24H20N14O4S2. The smallest absolute Gasteiger partial charge is 0.260 e. The van der Waals surface area contributed by atoms with Gasteiger partial charge in [-0.25, -0.2) is 0 Å². The number of benzene rings is 2. The highest BCUT2D eigenvalue weighted by Crippen LogP contribution is 2.43. The molecule has 0 spiro atoms. The monoisotopic (exact) mass is 632 g/mol. The summed E-state index contributed by atoms with van der Waals surface area (Å²) in [6, 6.07) is 12.3. The Hall–Kier alpha value is -5.50. The number of nitrogens with zero attached hydrogens (tertiary/aromatic N) is 14. The van der Waals surface area contributed by atoms with Gasteiger partial charge in [-0.15, -0.1) is 20.4 Å². The third-order valence-corrected chi connectivity index (χ3v) is 8.86. The number of hydrogen-bond donors (Lipinski definition) is 0. The average molecular weight is 633 g/mol. The Labute approximate surface area is 254 Å². The van der Waals surface area contributed by atoms with E-state index in [-0.39, 0.29) is 11.4 Å². The fourth-order valence-corrected chi connectivity index (χ4v) is 6.64. The summed E-state index contributed by atoms with van der Waals surface area (Å²) >= 11 is 0. The predicted octanol–water partition coefficient (Wildman–Crippen LogP) is 3.17. The molecule has 0 fully saturated rings. The van der Waals surface area contributed by atoms with Gasteiger partial charge in [-0.2, -0.15) is 19.8 Å². The molecule has 0 saturated carbocycles. The second-order valence-electron chi connectivity index (χ2n) is 9.27. The van der Waals surface area contributed by atoms with Crippen molar-refractivity contribution in [3.8, 4) is 22.8 Å². The maximum Gasteiger partial charge on any atom is 0.269 e. The van der Waals surface area contributed by atoms with Crippen LogP contribution in [-0.4, -0.2) is 69.8 Å². The minimum atomic E-state index is -0.450. The van der Waals surface area contributed by atoms with E-state index in [2.05, 4.69) is 41.0 Å². The number of hydrogen-bond acceptors (Lipinski definition) is 14. The molecule has 18 nitrogen and oxygen atoms in total. The zero-order valence-electron chi connectivity index (χ0n) is 22.9. The number of rotatable bonds is 11. The van der Waals surface area contributed by atoms with Crippen LogP contribution in [0, 0.1) is 20.2 Å². The molecule has 0 saturated heterocycles. The Morgan fingerprint density at radius 2 is 1.05 bits per heavy atom. The molecule has 0 unspecified atom stereocenters. The lowest BCUT2D eigenvalue weighted by atomic mass is 10.2. The van der Waals surface area contributed by atoms with Gasteiger partial charge in [-0.3, -0.25) is 29.6 Å². The van der Waals surface area contributed by atoms with Gasteiger partial charge >= 0.3 is 0 Å². The molecule has 0 amide bonds. The van der Waals surface area contributed by atoms with Crippen LogP contribution in [0.1, 0.15) is 11.1 Å². The quantitative estimate of drug-likeness (QED) is 0.114. The first kappa shape index (κ1) is 28.6. The van der Waals surface area contributed by atoms with Crippen LogP contribution in [0.4, 0.5) is 11.4 Å². The van der Waals surface area contributed by atoms with E-state index >= 15 is 0 Å². The van der Waals surface area contributed by atoms with Gasteiger partial charge in [0.05, 0.1) is 46.5 Å². The summed E-state index contributed by atoms with van der Waals surface area (Å²) in [7, 11) is 6.47. The van der Waals surface area contributed by atoms with Crippen molar-refractivity contribution in [2.75, 3.05) is 0 Å². The molecule has 0 radical (unpaired) electrons. The summed E-state index contributed by atoms with van der Waals surface area (Å²) in [4.78, 5) is 23.8. The molecule has 4 heterocycles. The fourth-order valence-electron chi connectivity index (χ4n) is 4.04. The van der Waals surface area contributed by atoms with Crippen molar-refractivity contribution in [3.05, 3.63) is 92.3 Å². The second kappa shape index (κ2) is 12.0. The van der Waals surface area contributed by atoms with Gasteiger partial charge < -0.3 is 0 Å². The Kier molecular flexibility index (Phi) is 7.81. The summed E-state index contributed by atoms with van der Waals surface area (Å²) in [6.45, 7) is 0.581. The Bertz CT molecular complexity index is 1820. The SMILES string of the molecule is Cn1ncc(-c2nnn(Cc3ccc([N+](=O)[O-])cc3)n2)c1SSc1c(-c2nnn(Cc3ccc([N+](=O)[O-])cc3)n2)cnn1C. The van der Waals surface area contributed by atoms with Crippen LogP contribution < -0.4 is 0 Å². The number of nitro groups is 2. The van der Waals surface area contributed by atoms with Crippen LogP contribution in [0.25, 0.3) is 22.8 Å². The highest BCUT2D eigenvalue weighted by atomic mass is 33.1. The van der Waals surface area contributed by atoms with Crippen molar-refractivity contribution in [3.63, 3.8) is 0 Å². The van der Waals surface area contributed by atoms with Crippen molar-refractivity contribution in [2.24, 2.45) is 14.1 Å². The van der Waals surface area contributed by atoms with E-state index in [0.29, 0.717) is 35.9 Å². The highest BCUT2D eigenvalue weighted by Gasteiger charge is 2.21. The van der Waals surface area contributed by atoms with Crippen LogP contribution >= 0.6 is 21.6 Å². The lowest BCUT2D eigenvalue weighted by Crippen LogP contribution is -2.04. The number of aryl methyl sites for hydroxylation is 2. The fraction of sp³-hybridized carbons (Fsp3) is 0.167. The molecule has 6 rings (SSSR count). The van der Waals surface area contributed by atoms with E-state index in [1.165, 1.54) is 55.4 Å². The van der Waals surface area contributed by atoms with Crippen molar-refractivity contribution < 1.29 is 9.85 Å². The van der Waals surface area contributed by atoms with E-state index in [1.54, 1.807) is 46.0 Å². The van der Waals surface area contributed by atoms with Crippen LogP contribution in [0.15, 0.2) is 71.0 Å². The molecule has 20 heteroatoms. The van der Waals surface area contributed by atoms with Crippen LogP contribution in [0.3, 0.4) is 0 Å². The third kappa shape index (κ3) is 6.01. The first-order valence-electron chi connectivity index (χ1n) is 12.7. The molecule has 0 N–H and O–H groups in total. The zero-order chi connectivity index (χ0) is 30.8. The maximum absolute atomic E-state index is 10.9. The Morgan fingerprint density at radius 1 is 0.659 bits per heavy atom. The summed E-state index contributed by atoms with van der Waals surface area (Å²) in [5.74, 6) is 0.758. The number of aromatic nitrogens is 12. The first-order valence-corrected chi connectivity index (χ1v) is 14.8. The molecule has 44 heavy (non-hydrogen) atoms. The van der Waals surface area contributed by atoms with Gasteiger partial charge in [0.15, 0.2) is 0 Å². The Balaban J connectivity index is 1.16. The van der Waals surface area contributed by atoms with Crippen LogP contribution in [-0.2, 0) is 27.2 Å². The highest BCUT2D eigenvalue weighted by molar-refractivity contribution is 8.76. The van der Waals surface area contributed by atoms with Crippen LogP contribution in [0.2, 0.25) is 0 Å². The van der Waals surface area contributed by atoms with Crippen molar-refractivity contribution in [1.29, 1.82) is 0 Å². The zero-order valence-corrected chi connectivity index (χ0v) is 24.5. The summed E-state index contributed by atoms with van der Waals surface area (Å²) in [5, 5.41) is 57.8. The van der Waals surface area contributed by atoms with Gasteiger partial charge in [0.25, 0.3) is 11.4 Å². The van der Waals surface area contributed by atoms with Gasteiger partial charge in [0, 0.05) is 38.4 Å². The first-order chi connectivity index (χ1) is 21.2. The van der Waals surface area contributed by atoms with E-state index < -0.39 is 9.85 Å². The Morgan fingerprint density at radius 3 is 1.41 bits per heavy atom. The van der Waals surface area contributed by atoms with E-state index in [4.69, 9.17) is 0 Å². The average Bonchev–Trinajstić information content (AvgIpc) is 3.81. The summed E-state index contributed by atoms with van der Waals surface area (Å²) < 4.78 is 3.41. The topological polar surface area (TPSA) is 209 Å². The maximum atomic E-state index is 10.9. The number of non-ortho nitro benzene ring substituents is 2. The predicted molar refractivity (Wildman–Crippen MR) is 156 cm³/mol. The molecule has 6 aromatic rings. The van der Waals surface area contributed by atoms with E-state index in [0.717, 1.165) is 21.2 Å². The second-order valence-corrected chi connectivity index (χ2v) is 11.4. The molecular weight excluding hydrogens is 612 g/mol. The number of nitro benzene ring substituents is 2. The summed E-state index contributed by atoms with van der Waals surface area (Å²) in [5.41, 5.74) is 2.95. The third-order valence-electron chi connectivity index (χ3n) is 6.30. The number of tetrazole rings is 2. The molecule has 0 bridgehead atoms. The molecule has 0 atom stereocenters. The minimum Gasteiger partial charge on any atom is -0.260 e. The lowest BCUT2D eigenvalue weighted by Gasteiger charge is -2.05. The molecule has 222 valence electrons. The molecule has 0 aliphatic heterocycles. The van der Waals surface area contributed by atoms with Gasteiger partial charge in [-0.1, -0.05) is 24.3 Å². The lowest BCUT2D eigenvalue weighted by molar-refractivity contribution is -0.385. The van der Waals surface area contributed by atoms with Crippen molar-refractivity contribution in [2.45, 2.75) is 23.1 Å². The summed E-state index contributed by atoms with van der Waals surface area (Å²) in [6.07, 6.45) is 3.32. The van der Waals surface area contributed by atoms with E-state index in [9.17, 15) is 20.2 Å². The normalized spacial score (nSPS) is 11.2. The van der Waals surface area contributed by atoms with Gasteiger partial charge in [-0.05, 0) is 43.1 Å². The minimum absolute atomic E-state index is 0.00902. The van der Waals surface area contributed by atoms with Gasteiger partial charge in [0.1, 0.15) is 10.1 Å². The molecule has 0 aliphatic carbocycles. The van der Waals surface area contributed by atoms with E-state index in [1.807, 2.05) is 14.1 Å². The molecule has 2 aromatic carbocycles. The molecule has 0 aliphatic rings. The van der Waals surface area contributed by atoms with Gasteiger partial charge in [0.2, 0.25) is 11.6 Å². The standard InChI is InChI=1S/C24H20N14O4S2/c1-33-23(19(11-25-33)21-27-31-35(29-21)13-15-3-7-17(8-4-15)37(39)40)43-44-24-20(12-26-34(24)2)22-28-32-36(30-22)14-16-5-9-18(10-6-16)38(41)42/h3-12H,13-14H2,1-2H3.